The molecule has 1 aromatic carbocycles. The summed E-state index contributed by atoms with van der Waals surface area (Å²) in [4.78, 5) is 44.0. The number of halogens is 1. The van der Waals surface area contributed by atoms with Gasteiger partial charge >= 0.3 is 0 Å². The van der Waals surface area contributed by atoms with Gasteiger partial charge in [-0.2, -0.15) is 0 Å². The van der Waals surface area contributed by atoms with Crippen molar-refractivity contribution in [1.29, 1.82) is 0 Å². The Morgan fingerprint density at radius 3 is 2.73 bits per heavy atom. The summed E-state index contributed by atoms with van der Waals surface area (Å²) >= 11 is 1.35. The molecule has 4 rings (SSSR count). The average molecular weight is 431 g/mol. The van der Waals surface area contributed by atoms with Crippen LogP contribution in [0.25, 0.3) is 0 Å². The van der Waals surface area contributed by atoms with Crippen molar-refractivity contribution in [2.75, 3.05) is 45.3 Å². The number of anilines is 1. The molecule has 3 amide bonds. The molecule has 2 aliphatic rings. The van der Waals surface area contributed by atoms with E-state index in [4.69, 9.17) is 4.74 Å². The Bertz CT molecular complexity index is 1020. The van der Waals surface area contributed by atoms with E-state index in [-0.39, 0.29) is 36.4 Å². The molecular formula is C21H22FN3O4S. The molecule has 0 aliphatic carbocycles. The quantitative estimate of drug-likeness (QED) is 0.744. The van der Waals surface area contributed by atoms with Crippen LogP contribution in [0.2, 0.25) is 0 Å². The number of carbonyl (C=O) groups is 3. The van der Waals surface area contributed by atoms with Crippen LogP contribution in [0, 0.1) is 5.82 Å². The first kappa shape index (κ1) is 20.5. The second-order valence-corrected chi connectivity index (χ2v) is 8.42. The third-order valence-corrected chi connectivity index (χ3v) is 6.67. The molecule has 9 heteroatoms. The highest BCUT2D eigenvalue weighted by Crippen LogP contribution is 2.41. The first-order valence-corrected chi connectivity index (χ1v) is 10.5. The Morgan fingerprint density at radius 2 is 2.00 bits per heavy atom. The summed E-state index contributed by atoms with van der Waals surface area (Å²) in [6, 6.07) is 5.92. The lowest BCUT2D eigenvalue weighted by Gasteiger charge is -2.27. The minimum Gasteiger partial charge on any atom is -0.383 e. The fourth-order valence-corrected chi connectivity index (χ4v) is 5.25. The number of ether oxygens (including phenoxy) is 1. The van der Waals surface area contributed by atoms with E-state index in [2.05, 4.69) is 0 Å². The first-order valence-electron chi connectivity index (χ1n) is 9.65. The van der Waals surface area contributed by atoms with Crippen molar-refractivity contribution >= 4 is 34.1 Å². The van der Waals surface area contributed by atoms with Gasteiger partial charge < -0.3 is 14.5 Å². The summed E-state index contributed by atoms with van der Waals surface area (Å²) in [6.45, 7) is 1.37. The van der Waals surface area contributed by atoms with Crippen molar-refractivity contribution in [3.8, 4) is 0 Å². The molecule has 158 valence electrons. The molecule has 3 heterocycles. The number of hydrogen-bond donors (Lipinski definition) is 0. The van der Waals surface area contributed by atoms with Crippen LogP contribution in [0.5, 0.6) is 0 Å². The van der Waals surface area contributed by atoms with Crippen LogP contribution in [-0.4, -0.2) is 67.9 Å². The topological polar surface area (TPSA) is 70.2 Å². The Labute approximate surface area is 177 Å². The summed E-state index contributed by atoms with van der Waals surface area (Å²) in [5, 5.41) is 0.608. The zero-order valence-electron chi connectivity index (χ0n) is 16.8. The van der Waals surface area contributed by atoms with Crippen LogP contribution < -0.4 is 4.90 Å². The zero-order valence-corrected chi connectivity index (χ0v) is 17.6. The van der Waals surface area contributed by atoms with Gasteiger partial charge in [-0.05, 0) is 24.1 Å². The number of likely N-dealkylation sites (N-methyl/N-ethyl adjacent to an activating group) is 1. The van der Waals surface area contributed by atoms with Gasteiger partial charge in [0.05, 0.1) is 30.8 Å². The molecule has 0 fully saturated rings. The van der Waals surface area contributed by atoms with Crippen molar-refractivity contribution in [1.82, 2.24) is 9.80 Å². The van der Waals surface area contributed by atoms with Gasteiger partial charge in [0.25, 0.3) is 11.8 Å². The highest BCUT2D eigenvalue weighted by molar-refractivity contribution is 7.17. The number of thiophene rings is 1. The normalized spacial score (nSPS) is 16.4. The monoisotopic (exact) mass is 431 g/mol. The van der Waals surface area contributed by atoms with E-state index in [1.54, 1.807) is 36.1 Å². The molecule has 0 saturated carbocycles. The van der Waals surface area contributed by atoms with Crippen molar-refractivity contribution in [3.05, 3.63) is 51.7 Å². The van der Waals surface area contributed by atoms with Gasteiger partial charge in [-0.3, -0.25) is 19.3 Å². The number of rotatable bonds is 4. The molecule has 0 spiro atoms. The van der Waals surface area contributed by atoms with E-state index in [9.17, 15) is 18.8 Å². The lowest BCUT2D eigenvalue weighted by Crippen LogP contribution is -2.39. The molecule has 0 unspecified atom stereocenters. The maximum atomic E-state index is 14.1. The third-order valence-electron chi connectivity index (χ3n) is 5.43. The van der Waals surface area contributed by atoms with E-state index in [0.29, 0.717) is 36.7 Å². The van der Waals surface area contributed by atoms with Gasteiger partial charge in [-0.1, -0.05) is 12.1 Å². The molecule has 7 nitrogen and oxygen atoms in total. The summed E-state index contributed by atoms with van der Waals surface area (Å²) in [5.74, 6) is -1.29. The summed E-state index contributed by atoms with van der Waals surface area (Å²) < 4.78 is 19.2. The smallest absolute Gasteiger partial charge is 0.257 e. The number of hydrogen-bond acceptors (Lipinski definition) is 5. The molecule has 0 bridgehead atoms. The highest BCUT2D eigenvalue weighted by atomic mass is 32.1. The van der Waals surface area contributed by atoms with Gasteiger partial charge in [0.15, 0.2) is 0 Å². The number of fused-ring (bicyclic) bond motifs is 3. The van der Waals surface area contributed by atoms with E-state index in [1.807, 2.05) is 0 Å². The number of carbonyl (C=O) groups excluding carboxylic acids is 3. The van der Waals surface area contributed by atoms with Crippen LogP contribution in [0.15, 0.2) is 24.3 Å². The van der Waals surface area contributed by atoms with Crippen LogP contribution in [0.4, 0.5) is 9.39 Å². The van der Waals surface area contributed by atoms with Gasteiger partial charge in [0.1, 0.15) is 17.4 Å². The molecule has 0 atom stereocenters. The van der Waals surface area contributed by atoms with Crippen molar-refractivity contribution < 1.29 is 23.5 Å². The minimum atomic E-state index is -0.552. The second kappa shape index (κ2) is 8.16. The largest absolute Gasteiger partial charge is 0.383 e. The SMILES string of the molecule is COCCN1C(=O)CN(C)C(=O)c2c1sc1c2CCN(C(=O)c2ccccc2F)C1. The summed E-state index contributed by atoms with van der Waals surface area (Å²) in [5.41, 5.74) is 1.45. The van der Waals surface area contributed by atoms with Crippen LogP contribution in [0.3, 0.4) is 0 Å². The fraction of sp³-hybridized carbons (Fsp3) is 0.381. The van der Waals surface area contributed by atoms with Crippen molar-refractivity contribution in [3.63, 3.8) is 0 Å². The van der Waals surface area contributed by atoms with Gasteiger partial charge in [-0.15, -0.1) is 11.3 Å². The molecule has 0 radical (unpaired) electrons. The third kappa shape index (κ3) is 3.48. The van der Waals surface area contributed by atoms with Crippen molar-refractivity contribution in [2.24, 2.45) is 0 Å². The molecule has 2 aliphatic heterocycles. The number of nitrogens with zero attached hydrogens (tertiary/aromatic N) is 3. The Hall–Kier alpha value is -2.78. The van der Waals surface area contributed by atoms with Gasteiger partial charge in [0.2, 0.25) is 5.91 Å². The molecule has 0 N–H and O–H groups in total. The predicted molar refractivity (Wildman–Crippen MR) is 110 cm³/mol. The van der Waals surface area contributed by atoms with Gasteiger partial charge in [0, 0.05) is 25.6 Å². The number of methoxy groups -OCH3 is 1. The van der Waals surface area contributed by atoms with E-state index in [0.717, 1.165) is 10.4 Å². The molecule has 30 heavy (non-hydrogen) atoms. The van der Waals surface area contributed by atoms with E-state index < -0.39 is 5.82 Å². The molecule has 1 aromatic heterocycles. The van der Waals surface area contributed by atoms with Crippen LogP contribution >= 0.6 is 11.3 Å². The standard InChI is InChI=1S/C21H22FN3O4S/c1-23-12-17(26)25(9-10-29-2)21-18(20(23)28)14-7-8-24(11-16(14)30-21)19(27)13-5-3-4-6-15(13)22/h3-6H,7-12H2,1-2H3. The zero-order chi connectivity index (χ0) is 21.4. The lowest BCUT2D eigenvalue weighted by molar-refractivity contribution is -0.119. The Kier molecular flexibility index (Phi) is 5.57. The Morgan fingerprint density at radius 1 is 1.23 bits per heavy atom. The predicted octanol–water partition coefficient (Wildman–Crippen LogP) is 2.15. The summed E-state index contributed by atoms with van der Waals surface area (Å²) in [7, 11) is 3.18. The first-order chi connectivity index (χ1) is 14.4. The lowest BCUT2D eigenvalue weighted by atomic mass is 10.0. The second-order valence-electron chi connectivity index (χ2n) is 7.34. The molecule has 0 saturated heterocycles. The van der Waals surface area contributed by atoms with Crippen LogP contribution in [-0.2, 0) is 22.5 Å². The van der Waals surface area contributed by atoms with E-state index >= 15 is 0 Å². The van der Waals surface area contributed by atoms with Gasteiger partial charge in [-0.25, -0.2) is 4.39 Å². The maximum absolute atomic E-state index is 14.1. The highest BCUT2D eigenvalue weighted by Gasteiger charge is 2.37. The average Bonchev–Trinajstić information content (AvgIpc) is 3.07. The van der Waals surface area contributed by atoms with Crippen LogP contribution in [0.1, 0.15) is 31.2 Å². The van der Waals surface area contributed by atoms with Crippen molar-refractivity contribution in [2.45, 2.75) is 13.0 Å². The maximum Gasteiger partial charge on any atom is 0.257 e. The minimum absolute atomic E-state index is 0.0105. The number of amides is 3. The van der Waals surface area contributed by atoms with E-state index in [1.165, 1.54) is 28.4 Å². The number of benzene rings is 1. The Balaban J connectivity index is 1.69. The fourth-order valence-electron chi connectivity index (χ4n) is 3.85. The molecule has 2 aromatic rings. The summed E-state index contributed by atoms with van der Waals surface area (Å²) in [6.07, 6.45) is 0.479. The molecular weight excluding hydrogens is 409 g/mol.